The number of halogens is 2. The van der Waals surface area contributed by atoms with Crippen LogP contribution in [0, 0.1) is 0 Å². The van der Waals surface area contributed by atoms with Gasteiger partial charge in [0.25, 0.3) is 0 Å². The quantitative estimate of drug-likeness (QED) is 0.120. The van der Waals surface area contributed by atoms with Gasteiger partial charge in [-0.3, -0.25) is 0 Å². The van der Waals surface area contributed by atoms with Crippen LogP contribution in [0.25, 0.3) is 0 Å². The topological polar surface area (TPSA) is 125 Å². The zero-order valence-corrected chi connectivity index (χ0v) is 21.6. The molecule has 0 saturated heterocycles. The number of rotatable bonds is 9. The summed E-state index contributed by atoms with van der Waals surface area (Å²) in [5.74, 6) is 0.556. The number of benzene rings is 2. The van der Waals surface area contributed by atoms with Gasteiger partial charge in [0.1, 0.15) is 0 Å². The average molecular weight is 540 g/mol. The first-order chi connectivity index (χ1) is 16.3. The second kappa shape index (κ2) is 15.3. The molecule has 0 amide bonds. The lowest BCUT2D eigenvalue weighted by Crippen LogP contribution is -2.34. The van der Waals surface area contributed by atoms with E-state index in [4.69, 9.17) is 59.1 Å². The van der Waals surface area contributed by atoms with Crippen molar-refractivity contribution in [3.8, 4) is 0 Å². The van der Waals surface area contributed by atoms with Crippen molar-refractivity contribution in [1.82, 2.24) is 10.6 Å². The van der Waals surface area contributed by atoms with E-state index >= 15 is 0 Å². The van der Waals surface area contributed by atoms with E-state index < -0.39 is 0 Å². The lowest BCUT2D eigenvalue weighted by molar-refractivity contribution is 0.622. The van der Waals surface area contributed by atoms with Crippen molar-refractivity contribution < 1.29 is 0 Å². The first-order valence-corrected chi connectivity index (χ1v) is 12.2. The van der Waals surface area contributed by atoms with Gasteiger partial charge in [0.15, 0.2) is 11.9 Å². The molecule has 12 heteroatoms. The molecule has 0 aliphatic rings. The van der Waals surface area contributed by atoms with Gasteiger partial charge in [-0.15, -0.1) is 0 Å². The van der Waals surface area contributed by atoms with E-state index in [1.165, 1.54) is 0 Å². The minimum atomic E-state index is 0.278. The van der Waals surface area contributed by atoms with E-state index in [1.54, 1.807) is 24.3 Å². The highest BCUT2D eigenvalue weighted by Gasteiger charge is 2.00. The number of nitrogens with one attached hydrogen (secondary N) is 4. The van der Waals surface area contributed by atoms with Gasteiger partial charge < -0.3 is 32.7 Å². The summed E-state index contributed by atoms with van der Waals surface area (Å²) in [4.78, 5) is 8.25. The summed E-state index contributed by atoms with van der Waals surface area (Å²) in [5, 5.41) is 13.9. The molecule has 2 rings (SSSR count). The summed E-state index contributed by atoms with van der Waals surface area (Å²) < 4.78 is 0. The Morgan fingerprint density at radius 3 is 1.35 bits per heavy atom. The first-order valence-electron chi connectivity index (χ1n) is 10.6. The minimum Gasteiger partial charge on any atom is -0.370 e. The Bertz CT molecular complexity index is 913. The molecule has 0 unspecified atom stereocenters. The third-order valence-corrected chi connectivity index (χ3v) is 5.24. The number of hydrogen-bond donors (Lipinski definition) is 6. The van der Waals surface area contributed by atoms with Crippen molar-refractivity contribution in [2.45, 2.75) is 25.7 Å². The van der Waals surface area contributed by atoms with Gasteiger partial charge in [0.2, 0.25) is 10.2 Å². The Balaban J connectivity index is 1.52. The number of thiocarbonyl (C=S) groups is 2. The molecule has 0 aromatic heterocycles. The number of unbranched alkanes of at least 4 members (excludes halogenated alkanes) is 3. The number of anilines is 2. The standard InChI is InChI=1S/C22H28Cl2N8S2/c23-15-5-9-17(10-6-15)29-21(33)31-19(25)27-13-3-1-2-4-14-28-20(26)32-22(34)30-18-11-7-16(24)8-12-18/h5-12H,1-4,13-14H2,(H4,25,27,29,31,33)(H4,26,28,30,32,34). The predicted octanol–water partition coefficient (Wildman–Crippen LogP) is 4.46. The molecule has 0 saturated carbocycles. The second-order valence-electron chi connectivity index (χ2n) is 7.14. The van der Waals surface area contributed by atoms with Crippen molar-refractivity contribution in [3.63, 3.8) is 0 Å². The maximum atomic E-state index is 5.87. The highest BCUT2D eigenvalue weighted by atomic mass is 35.5. The number of aliphatic imine (C=N–C) groups is 2. The van der Waals surface area contributed by atoms with Crippen LogP contribution in [0.1, 0.15) is 25.7 Å². The molecule has 2 aromatic rings. The van der Waals surface area contributed by atoms with Gasteiger partial charge in [-0.05, 0) is 85.8 Å². The zero-order chi connectivity index (χ0) is 24.8. The average Bonchev–Trinajstić information content (AvgIpc) is 2.78. The fourth-order valence-corrected chi connectivity index (χ4v) is 3.39. The van der Waals surface area contributed by atoms with E-state index in [1.807, 2.05) is 24.3 Å². The van der Waals surface area contributed by atoms with Crippen LogP contribution in [0.5, 0.6) is 0 Å². The molecule has 0 bridgehead atoms. The Hall–Kier alpha value is -2.66. The second-order valence-corrected chi connectivity index (χ2v) is 8.78. The Morgan fingerprint density at radius 1 is 0.647 bits per heavy atom. The summed E-state index contributed by atoms with van der Waals surface area (Å²) in [5.41, 5.74) is 13.3. The van der Waals surface area contributed by atoms with Crippen LogP contribution in [0.3, 0.4) is 0 Å². The van der Waals surface area contributed by atoms with Crippen molar-refractivity contribution in [2.24, 2.45) is 21.5 Å². The number of nitrogens with zero attached hydrogens (tertiary/aromatic N) is 2. The van der Waals surface area contributed by atoms with E-state index in [9.17, 15) is 0 Å². The van der Waals surface area contributed by atoms with E-state index in [-0.39, 0.29) is 22.1 Å². The van der Waals surface area contributed by atoms with E-state index in [0.717, 1.165) is 37.1 Å². The monoisotopic (exact) mass is 538 g/mol. The van der Waals surface area contributed by atoms with Gasteiger partial charge in [-0.1, -0.05) is 36.0 Å². The highest BCUT2D eigenvalue weighted by molar-refractivity contribution is 7.80. The van der Waals surface area contributed by atoms with E-state index in [2.05, 4.69) is 31.3 Å². The third-order valence-electron chi connectivity index (χ3n) is 4.35. The van der Waals surface area contributed by atoms with Crippen LogP contribution < -0.4 is 32.7 Å². The molecule has 0 atom stereocenters. The van der Waals surface area contributed by atoms with Gasteiger partial charge in [0, 0.05) is 34.5 Å². The van der Waals surface area contributed by atoms with Crippen molar-refractivity contribution in [3.05, 3.63) is 58.6 Å². The molecular formula is C22H28Cl2N8S2. The molecule has 0 aliphatic carbocycles. The molecule has 0 radical (unpaired) electrons. The lowest BCUT2D eigenvalue weighted by atomic mass is 10.2. The molecular weight excluding hydrogens is 511 g/mol. The van der Waals surface area contributed by atoms with Crippen LogP contribution in [-0.4, -0.2) is 35.2 Å². The van der Waals surface area contributed by atoms with Crippen molar-refractivity contribution >= 4 is 81.2 Å². The highest BCUT2D eigenvalue weighted by Crippen LogP contribution is 2.14. The van der Waals surface area contributed by atoms with Gasteiger partial charge >= 0.3 is 0 Å². The SMILES string of the molecule is NC(=NC(=S)Nc1ccc(Cl)cc1)NCCCCCCNC(N)=NC(=S)Nc1ccc(Cl)cc1. The van der Waals surface area contributed by atoms with Gasteiger partial charge in [0.05, 0.1) is 0 Å². The smallest absolute Gasteiger partial charge is 0.200 e. The van der Waals surface area contributed by atoms with Crippen molar-refractivity contribution in [2.75, 3.05) is 23.7 Å². The molecule has 34 heavy (non-hydrogen) atoms. The van der Waals surface area contributed by atoms with Gasteiger partial charge in [-0.2, -0.15) is 9.98 Å². The molecule has 8 N–H and O–H groups in total. The normalized spacial score (nSPS) is 11.6. The molecule has 0 heterocycles. The zero-order valence-electron chi connectivity index (χ0n) is 18.5. The number of guanidine groups is 2. The number of hydrogen-bond acceptors (Lipinski definition) is 2. The van der Waals surface area contributed by atoms with Crippen LogP contribution >= 0.6 is 47.6 Å². The predicted molar refractivity (Wildman–Crippen MR) is 153 cm³/mol. The molecule has 182 valence electrons. The Kier molecular flexibility index (Phi) is 12.4. The summed E-state index contributed by atoms with van der Waals surface area (Å²) in [7, 11) is 0. The minimum absolute atomic E-state index is 0.278. The third kappa shape index (κ3) is 12.0. The summed E-state index contributed by atoms with van der Waals surface area (Å²) >= 11 is 22.1. The van der Waals surface area contributed by atoms with Crippen LogP contribution in [-0.2, 0) is 0 Å². The van der Waals surface area contributed by atoms with Gasteiger partial charge in [-0.25, -0.2) is 0 Å². The summed E-state index contributed by atoms with van der Waals surface area (Å²) in [6.45, 7) is 1.42. The van der Waals surface area contributed by atoms with Crippen LogP contribution in [0.2, 0.25) is 10.0 Å². The number of nitrogens with two attached hydrogens (primary N) is 2. The molecule has 2 aromatic carbocycles. The fourth-order valence-electron chi connectivity index (χ4n) is 2.70. The maximum Gasteiger partial charge on any atom is 0.200 e. The van der Waals surface area contributed by atoms with E-state index in [0.29, 0.717) is 23.1 Å². The first kappa shape index (κ1) is 27.6. The Morgan fingerprint density at radius 2 is 1.00 bits per heavy atom. The summed E-state index contributed by atoms with van der Waals surface area (Å²) in [6.07, 6.45) is 3.96. The fraction of sp³-hybridized carbons (Fsp3) is 0.273. The molecule has 0 spiro atoms. The lowest BCUT2D eigenvalue weighted by Gasteiger charge is -2.08. The Labute approximate surface area is 220 Å². The molecule has 8 nitrogen and oxygen atoms in total. The van der Waals surface area contributed by atoms with Crippen LogP contribution in [0.4, 0.5) is 11.4 Å². The molecule has 0 fully saturated rings. The summed E-state index contributed by atoms with van der Waals surface area (Å²) in [6, 6.07) is 14.3. The van der Waals surface area contributed by atoms with Crippen LogP contribution in [0.15, 0.2) is 58.5 Å². The largest absolute Gasteiger partial charge is 0.370 e. The van der Waals surface area contributed by atoms with Crippen molar-refractivity contribution in [1.29, 1.82) is 0 Å². The molecule has 0 aliphatic heterocycles. The maximum absolute atomic E-state index is 5.87.